The van der Waals surface area contributed by atoms with E-state index in [1.165, 1.54) is 17.7 Å². The zero-order chi connectivity index (χ0) is 25.3. The lowest BCUT2D eigenvalue weighted by atomic mass is 9.71. The molecule has 36 heavy (non-hydrogen) atoms. The summed E-state index contributed by atoms with van der Waals surface area (Å²) in [6.07, 6.45) is 1.62. The Morgan fingerprint density at radius 2 is 1.78 bits per heavy atom. The lowest BCUT2D eigenvalue weighted by Gasteiger charge is -2.33. The van der Waals surface area contributed by atoms with Gasteiger partial charge in [0.15, 0.2) is 0 Å². The van der Waals surface area contributed by atoms with Crippen LogP contribution in [-0.2, 0) is 6.61 Å². The van der Waals surface area contributed by atoms with E-state index in [-0.39, 0.29) is 17.2 Å². The molecule has 1 atom stereocenters. The number of halogens is 2. The molecule has 0 saturated carbocycles. The van der Waals surface area contributed by atoms with E-state index in [1.807, 2.05) is 30.3 Å². The van der Waals surface area contributed by atoms with Crippen LogP contribution in [0.2, 0.25) is 5.15 Å². The Labute approximate surface area is 215 Å². The Balaban J connectivity index is 1.52. The first kappa shape index (κ1) is 24.0. The molecule has 6 heteroatoms. The number of ether oxygens (including phenoxy) is 1. The highest BCUT2D eigenvalue weighted by Crippen LogP contribution is 2.45. The van der Waals surface area contributed by atoms with Crippen LogP contribution >= 0.6 is 11.6 Å². The first-order chi connectivity index (χ1) is 17.3. The molecule has 4 nitrogen and oxygen atoms in total. The smallest absolute Gasteiger partial charge is 0.138 e. The van der Waals surface area contributed by atoms with Gasteiger partial charge in [-0.2, -0.15) is 0 Å². The molecular formula is C30H27ClFN3O. The summed E-state index contributed by atoms with van der Waals surface area (Å²) in [6.45, 7) is 7.00. The molecule has 3 aromatic carbocycles. The quantitative estimate of drug-likeness (QED) is 0.256. The monoisotopic (exact) mass is 499 g/mol. The molecule has 0 fully saturated rings. The lowest BCUT2D eigenvalue weighted by Crippen LogP contribution is -2.20. The fraction of sp³-hybridized carbons (Fsp3) is 0.200. The number of nitrogens with one attached hydrogen (secondary N) is 1. The van der Waals surface area contributed by atoms with E-state index in [2.05, 4.69) is 66.1 Å². The van der Waals surface area contributed by atoms with E-state index in [0.29, 0.717) is 11.8 Å². The Bertz CT molecular complexity index is 1510. The number of H-pyrrole nitrogens is 1. The maximum Gasteiger partial charge on any atom is 0.138 e. The highest BCUT2D eigenvalue weighted by molar-refractivity contribution is 6.29. The maximum absolute atomic E-state index is 13.5. The second-order valence-corrected chi connectivity index (χ2v) is 10.4. The fourth-order valence-corrected chi connectivity index (χ4v) is 4.83. The summed E-state index contributed by atoms with van der Waals surface area (Å²) in [6, 6.07) is 24.8. The molecular weight excluding hydrogens is 473 g/mol. The molecule has 5 rings (SSSR count). The summed E-state index contributed by atoms with van der Waals surface area (Å²) in [7, 11) is 0. The van der Waals surface area contributed by atoms with Gasteiger partial charge in [-0.3, -0.25) is 0 Å². The molecule has 0 spiro atoms. The van der Waals surface area contributed by atoms with Crippen LogP contribution in [0.1, 0.15) is 43.5 Å². The molecule has 0 aliphatic carbocycles. The van der Waals surface area contributed by atoms with E-state index in [1.54, 1.807) is 12.3 Å². The van der Waals surface area contributed by atoms with Gasteiger partial charge in [0, 0.05) is 16.9 Å². The molecule has 5 aromatic rings. The van der Waals surface area contributed by atoms with Crippen LogP contribution in [0.5, 0.6) is 5.75 Å². The molecule has 0 aliphatic heterocycles. The Hall–Kier alpha value is -3.70. The number of rotatable bonds is 6. The fourth-order valence-electron chi connectivity index (χ4n) is 4.69. The van der Waals surface area contributed by atoms with E-state index < -0.39 is 0 Å². The maximum atomic E-state index is 13.5. The topological polar surface area (TPSA) is 50.8 Å². The minimum Gasteiger partial charge on any atom is -0.487 e. The van der Waals surface area contributed by atoms with Crippen LogP contribution in [0.15, 0.2) is 85.1 Å². The number of pyridine rings is 1. The van der Waals surface area contributed by atoms with Crippen molar-refractivity contribution in [3.8, 4) is 17.1 Å². The van der Waals surface area contributed by atoms with Crippen molar-refractivity contribution in [2.45, 2.75) is 33.3 Å². The summed E-state index contributed by atoms with van der Waals surface area (Å²) >= 11 is 6.18. The van der Waals surface area contributed by atoms with Gasteiger partial charge in [0.2, 0.25) is 0 Å². The minimum absolute atomic E-state index is 0.0785. The van der Waals surface area contributed by atoms with Crippen molar-refractivity contribution in [2.75, 3.05) is 0 Å². The van der Waals surface area contributed by atoms with Gasteiger partial charge in [-0.05, 0) is 59.0 Å². The third-order valence-corrected chi connectivity index (χ3v) is 6.42. The molecule has 0 radical (unpaired) electrons. The molecule has 0 bridgehead atoms. The van der Waals surface area contributed by atoms with Crippen molar-refractivity contribution < 1.29 is 9.13 Å². The first-order valence-electron chi connectivity index (χ1n) is 11.9. The van der Waals surface area contributed by atoms with Crippen LogP contribution < -0.4 is 4.74 Å². The normalized spacial score (nSPS) is 12.6. The SMILES string of the molecule is CC(C)(C)C(c1ccccc1)c1cc(OCc2ccc3cc(F)ccc3n2)ccc1-c1ncc(Cl)[nH]1. The van der Waals surface area contributed by atoms with Gasteiger partial charge in [-0.1, -0.05) is 68.8 Å². The van der Waals surface area contributed by atoms with Crippen LogP contribution in [0, 0.1) is 11.2 Å². The van der Waals surface area contributed by atoms with Crippen molar-refractivity contribution in [3.05, 3.63) is 113 Å². The molecule has 2 aromatic heterocycles. The Kier molecular flexibility index (Phi) is 6.50. The van der Waals surface area contributed by atoms with E-state index in [0.717, 1.165) is 39.3 Å². The van der Waals surface area contributed by atoms with Gasteiger partial charge in [-0.15, -0.1) is 0 Å². The zero-order valence-electron chi connectivity index (χ0n) is 20.4. The van der Waals surface area contributed by atoms with Crippen molar-refractivity contribution in [3.63, 3.8) is 0 Å². The van der Waals surface area contributed by atoms with Gasteiger partial charge in [0.1, 0.15) is 29.2 Å². The van der Waals surface area contributed by atoms with E-state index >= 15 is 0 Å². The van der Waals surface area contributed by atoms with Gasteiger partial charge >= 0.3 is 0 Å². The van der Waals surface area contributed by atoms with Gasteiger partial charge in [0.25, 0.3) is 0 Å². The predicted octanol–water partition coefficient (Wildman–Crippen LogP) is 8.17. The molecule has 1 N–H and O–H groups in total. The van der Waals surface area contributed by atoms with Crippen molar-refractivity contribution in [1.29, 1.82) is 0 Å². The third-order valence-electron chi connectivity index (χ3n) is 6.23. The highest BCUT2D eigenvalue weighted by Gasteiger charge is 2.31. The second kappa shape index (κ2) is 9.75. The Morgan fingerprint density at radius 1 is 0.972 bits per heavy atom. The number of aromatic nitrogens is 3. The zero-order valence-corrected chi connectivity index (χ0v) is 21.2. The number of hydrogen-bond acceptors (Lipinski definition) is 3. The average molecular weight is 500 g/mol. The summed E-state index contributed by atoms with van der Waals surface area (Å²) in [5.74, 6) is 1.26. The third kappa shape index (κ3) is 5.12. The van der Waals surface area contributed by atoms with Crippen LogP contribution in [0.4, 0.5) is 4.39 Å². The summed E-state index contributed by atoms with van der Waals surface area (Å²) < 4.78 is 19.7. The minimum atomic E-state index is -0.273. The van der Waals surface area contributed by atoms with Crippen molar-refractivity contribution >= 4 is 22.5 Å². The summed E-state index contributed by atoms with van der Waals surface area (Å²) in [5.41, 5.74) is 4.71. The van der Waals surface area contributed by atoms with Crippen LogP contribution in [0.25, 0.3) is 22.3 Å². The largest absolute Gasteiger partial charge is 0.487 e. The van der Waals surface area contributed by atoms with Gasteiger partial charge < -0.3 is 9.72 Å². The summed E-state index contributed by atoms with van der Waals surface area (Å²) in [4.78, 5) is 12.3. The highest BCUT2D eigenvalue weighted by atomic mass is 35.5. The molecule has 182 valence electrons. The molecule has 1 unspecified atom stereocenters. The van der Waals surface area contributed by atoms with Gasteiger partial charge in [-0.25, -0.2) is 14.4 Å². The first-order valence-corrected chi connectivity index (χ1v) is 12.2. The summed E-state index contributed by atoms with van der Waals surface area (Å²) in [5, 5.41) is 1.25. The number of benzene rings is 3. The predicted molar refractivity (Wildman–Crippen MR) is 143 cm³/mol. The van der Waals surface area contributed by atoms with Gasteiger partial charge in [0.05, 0.1) is 17.4 Å². The average Bonchev–Trinajstić information content (AvgIpc) is 3.28. The molecule has 2 heterocycles. The molecule has 0 saturated heterocycles. The lowest BCUT2D eigenvalue weighted by molar-refractivity contribution is 0.300. The number of fused-ring (bicyclic) bond motifs is 1. The van der Waals surface area contributed by atoms with E-state index in [4.69, 9.17) is 16.3 Å². The number of hydrogen-bond donors (Lipinski definition) is 1. The molecule has 0 aliphatic rings. The van der Waals surface area contributed by atoms with Crippen LogP contribution in [-0.4, -0.2) is 15.0 Å². The van der Waals surface area contributed by atoms with E-state index in [9.17, 15) is 4.39 Å². The van der Waals surface area contributed by atoms with Crippen molar-refractivity contribution in [1.82, 2.24) is 15.0 Å². The molecule has 0 amide bonds. The van der Waals surface area contributed by atoms with Crippen molar-refractivity contribution in [2.24, 2.45) is 5.41 Å². The number of aromatic amines is 1. The standard InChI is InChI=1S/C30H27ClFN3O/c1-30(2,3)28(19-7-5-4-6-8-19)25-16-23(12-13-24(25)29-33-17-27(31)35-29)36-18-22-11-9-20-15-21(32)10-14-26(20)34-22/h4-17,28H,18H2,1-3H3,(H,33,35). The number of imidazole rings is 1. The number of nitrogens with zero attached hydrogens (tertiary/aromatic N) is 2. The van der Waals surface area contributed by atoms with Crippen LogP contribution in [0.3, 0.4) is 0 Å². The Morgan fingerprint density at radius 3 is 2.50 bits per heavy atom. The second-order valence-electron chi connectivity index (χ2n) is 9.97.